The predicted octanol–water partition coefficient (Wildman–Crippen LogP) is 1.92. The zero-order chi connectivity index (χ0) is 18.7. The molecule has 0 bridgehead atoms. The van der Waals surface area contributed by atoms with Crippen molar-refractivity contribution in [2.24, 2.45) is 0 Å². The van der Waals surface area contributed by atoms with Crippen LogP contribution in [0.4, 0.5) is 13.2 Å². The van der Waals surface area contributed by atoms with E-state index in [1.165, 1.54) is 12.5 Å². The lowest BCUT2D eigenvalue weighted by molar-refractivity contribution is -0.141. The summed E-state index contributed by atoms with van der Waals surface area (Å²) >= 11 is 0. The van der Waals surface area contributed by atoms with E-state index in [4.69, 9.17) is 4.42 Å². The molecule has 1 aliphatic heterocycles. The maximum absolute atomic E-state index is 12.5. The van der Waals surface area contributed by atoms with E-state index in [0.29, 0.717) is 31.5 Å². The van der Waals surface area contributed by atoms with E-state index in [9.17, 15) is 22.8 Å². The zero-order valence-corrected chi connectivity index (χ0v) is 13.7. The fourth-order valence-corrected chi connectivity index (χ4v) is 2.82. The van der Waals surface area contributed by atoms with Gasteiger partial charge >= 0.3 is 6.18 Å². The molecule has 3 heterocycles. The third-order valence-electron chi connectivity index (χ3n) is 4.15. The number of furan rings is 1. The molecular weight excluding hydrogens is 353 g/mol. The van der Waals surface area contributed by atoms with Crippen LogP contribution < -0.4 is 5.32 Å². The Morgan fingerprint density at radius 2 is 2.00 bits per heavy atom. The summed E-state index contributed by atoms with van der Waals surface area (Å²) in [7, 11) is 0. The van der Waals surface area contributed by atoms with Crippen LogP contribution in [0.15, 0.2) is 35.3 Å². The average Bonchev–Trinajstić information content (AvgIpc) is 3.26. The summed E-state index contributed by atoms with van der Waals surface area (Å²) < 4.78 is 43.4. The van der Waals surface area contributed by atoms with Crippen molar-refractivity contribution < 1.29 is 27.2 Å². The van der Waals surface area contributed by atoms with Crippen LogP contribution in [0.3, 0.4) is 0 Å². The molecule has 1 fully saturated rings. The van der Waals surface area contributed by atoms with Crippen molar-refractivity contribution in [3.8, 4) is 0 Å². The maximum atomic E-state index is 12.5. The van der Waals surface area contributed by atoms with E-state index < -0.39 is 17.8 Å². The number of rotatable bonds is 4. The number of alkyl halides is 3. The van der Waals surface area contributed by atoms with Crippen molar-refractivity contribution in [1.82, 2.24) is 20.0 Å². The second-order valence-corrected chi connectivity index (χ2v) is 6.04. The first kappa shape index (κ1) is 18.0. The summed E-state index contributed by atoms with van der Waals surface area (Å²) in [6.07, 6.45) is 0.546. The normalized spacial score (nSPS) is 15.9. The molecule has 3 rings (SSSR count). The molecule has 1 aliphatic rings. The van der Waals surface area contributed by atoms with Gasteiger partial charge in [0.05, 0.1) is 11.8 Å². The van der Waals surface area contributed by atoms with Gasteiger partial charge < -0.3 is 14.6 Å². The van der Waals surface area contributed by atoms with Crippen LogP contribution in [0.25, 0.3) is 0 Å². The Hall–Kier alpha value is -2.78. The van der Waals surface area contributed by atoms with Crippen LogP contribution >= 0.6 is 0 Å². The van der Waals surface area contributed by atoms with Crippen molar-refractivity contribution >= 4 is 11.8 Å². The highest BCUT2D eigenvalue weighted by atomic mass is 19.4. The molecule has 0 saturated carbocycles. The Morgan fingerprint density at radius 3 is 2.58 bits per heavy atom. The largest absolute Gasteiger partial charge is 0.472 e. The van der Waals surface area contributed by atoms with Crippen LogP contribution in [0.5, 0.6) is 0 Å². The van der Waals surface area contributed by atoms with E-state index in [2.05, 4.69) is 10.4 Å². The Balaban J connectivity index is 1.46. The van der Waals surface area contributed by atoms with E-state index in [1.807, 2.05) is 0 Å². The van der Waals surface area contributed by atoms with Crippen molar-refractivity contribution in [3.63, 3.8) is 0 Å². The fourth-order valence-electron chi connectivity index (χ4n) is 2.82. The number of carbonyl (C=O) groups is 2. The third-order valence-corrected chi connectivity index (χ3v) is 4.15. The molecule has 0 unspecified atom stereocenters. The van der Waals surface area contributed by atoms with Gasteiger partial charge in [0, 0.05) is 25.3 Å². The predicted molar refractivity (Wildman–Crippen MR) is 83.0 cm³/mol. The van der Waals surface area contributed by atoms with Crippen molar-refractivity contribution in [2.45, 2.75) is 31.6 Å². The highest BCUT2D eigenvalue weighted by molar-refractivity contribution is 5.93. The summed E-state index contributed by atoms with van der Waals surface area (Å²) in [6, 6.07) is 2.29. The van der Waals surface area contributed by atoms with Gasteiger partial charge in [-0.3, -0.25) is 14.3 Å². The van der Waals surface area contributed by atoms with E-state index in [1.54, 1.807) is 11.0 Å². The summed E-state index contributed by atoms with van der Waals surface area (Å²) in [5.41, 5.74) is -0.553. The molecule has 26 heavy (non-hydrogen) atoms. The quantitative estimate of drug-likeness (QED) is 0.892. The highest BCUT2D eigenvalue weighted by Gasteiger charge is 2.33. The molecule has 1 saturated heterocycles. The summed E-state index contributed by atoms with van der Waals surface area (Å²) in [4.78, 5) is 25.9. The first-order valence-electron chi connectivity index (χ1n) is 8.04. The zero-order valence-electron chi connectivity index (χ0n) is 13.7. The molecule has 140 valence electrons. The lowest BCUT2D eigenvalue weighted by atomic mass is 10.0. The molecule has 0 aliphatic carbocycles. The van der Waals surface area contributed by atoms with E-state index in [-0.39, 0.29) is 18.5 Å². The third kappa shape index (κ3) is 4.24. The van der Waals surface area contributed by atoms with Gasteiger partial charge in [-0.15, -0.1) is 0 Å². The van der Waals surface area contributed by atoms with Gasteiger partial charge in [-0.05, 0) is 25.0 Å². The van der Waals surface area contributed by atoms with Crippen LogP contribution in [-0.4, -0.2) is 45.6 Å². The second kappa shape index (κ2) is 7.22. The van der Waals surface area contributed by atoms with Crippen LogP contribution in [-0.2, 0) is 17.5 Å². The fraction of sp³-hybridized carbons (Fsp3) is 0.438. The minimum Gasteiger partial charge on any atom is -0.472 e. The number of piperidine rings is 1. The van der Waals surface area contributed by atoms with Crippen molar-refractivity contribution in [2.75, 3.05) is 13.1 Å². The molecule has 0 spiro atoms. The molecule has 1 N–H and O–H groups in total. The molecule has 0 radical (unpaired) electrons. The van der Waals surface area contributed by atoms with E-state index >= 15 is 0 Å². The molecule has 10 heteroatoms. The second-order valence-electron chi connectivity index (χ2n) is 6.04. The van der Waals surface area contributed by atoms with Gasteiger partial charge in [0.15, 0.2) is 5.69 Å². The van der Waals surface area contributed by atoms with Crippen molar-refractivity contribution in [3.05, 3.63) is 42.1 Å². The molecular formula is C16H17F3N4O3. The number of halogens is 3. The summed E-state index contributed by atoms with van der Waals surface area (Å²) in [6.45, 7) is 0.675. The highest BCUT2D eigenvalue weighted by Crippen LogP contribution is 2.27. The van der Waals surface area contributed by atoms with Gasteiger partial charge in [-0.2, -0.15) is 18.3 Å². The number of nitrogens with one attached hydrogen (secondary N) is 1. The summed E-state index contributed by atoms with van der Waals surface area (Å²) in [5, 5.41) is 6.12. The SMILES string of the molecule is O=C(Cn1ccc(C(F)(F)F)n1)NC1CCN(C(=O)c2ccoc2)CC1. The number of nitrogens with zero attached hydrogens (tertiary/aromatic N) is 3. The van der Waals surface area contributed by atoms with E-state index in [0.717, 1.165) is 16.9 Å². The van der Waals surface area contributed by atoms with Gasteiger partial charge in [0.2, 0.25) is 5.91 Å². The molecule has 0 atom stereocenters. The van der Waals surface area contributed by atoms with Gasteiger partial charge in [-0.25, -0.2) is 0 Å². The molecule has 2 aromatic rings. The number of carbonyl (C=O) groups excluding carboxylic acids is 2. The Labute approximate surface area is 146 Å². The van der Waals surface area contributed by atoms with Crippen LogP contribution in [0.1, 0.15) is 28.9 Å². The first-order chi connectivity index (χ1) is 12.3. The number of likely N-dealkylation sites (tertiary alicyclic amines) is 1. The van der Waals surface area contributed by atoms with Crippen molar-refractivity contribution in [1.29, 1.82) is 0 Å². The Kier molecular flexibility index (Phi) is 5.01. The number of hydrogen-bond acceptors (Lipinski definition) is 4. The smallest absolute Gasteiger partial charge is 0.435 e. The number of amides is 2. The van der Waals surface area contributed by atoms with Gasteiger partial charge in [0.1, 0.15) is 12.8 Å². The minimum absolute atomic E-state index is 0.125. The first-order valence-corrected chi connectivity index (χ1v) is 8.04. The Bertz CT molecular complexity index is 762. The van der Waals surface area contributed by atoms with Crippen LogP contribution in [0.2, 0.25) is 0 Å². The van der Waals surface area contributed by atoms with Gasteiger partial charge in [-0.1, -0.05) is 0 Å². The van der Waals surface area contributed by atoms with Gasteiger partial charge in [0.25, 0.3) is 5.91 Å². The standard InChI is InChI=1S/C16H17F3N4O3/c17-16(18,19)13-3-7-23(21-13)9-14(24)20-12-1-5-22(6-2-12)15(25)11-4-8-26-10-11/h3-4,7-8,10,12H,1-2,5-6,9H2,(H,20,24). The number of hydrogen-bond donors (Lipinski definition) is 1. The lowest BCUT2D eigenvalue weighted by Gasteiger charge is -2.32. The molecule has 0 aromatic carbocycles. The minimum atomic E-state index is -4.53. The topological polar surface area (TPSA) is 80.4 Å². The Morgan fingerprint density at radius 1 is 1.27 bits per heavy atom. The lowest BCUT2D eigenvalue weighted by Crippen LogP contribution is -2.47. The monoisotopic (exact) mass is 370 g/mol. The maximum Gasteiger partial charge on any atom is 0.435 e. The van der Waals surface area contributed by atoms with Crippen LogP contribution in [0, 0.1) is 0 Å². The summed E-state index contributed by atoms with van der Waals surface area (Å²) in [5.74, 6) is -0.541. The number of aromatic nitrogens is 2. The average molecular weight is 370 g/mol. The molecule has 2 aromatic heterocycles. The molecule has 2 amide bonds. The molecule has 7 nitrogen and oxygen atoms in total.